The first-order valence-corrected chi connectivity index (χ1v) is 12.4. The Balaban J connectivity index is 2.00. The Morgan fingerprint density at radius 1 is 1.29 bits per heavy atom. The SMILES string of the molecule is C[C@H](O)C#Cc1ccc2c(c1)O[C@@H](CN(C)CC1CC1)[C@H](C)CN([C@H](C)CO)S2(=O)=O. The van der Waals surface area contributed by atoms with Crippen LogP contribution in [0.25, 0.3) is 0 Å². The number of benzene rings is 1. The largest absolute Gasteiger partial charge is 0.487 e. The lowest BCUT2D eigenvalue weighted by Gasteiger charge is -2.37. The Bertz CT molecular complexity index is 933. The number of nitrogens with zero attached hydrogens (tertiary/aromatic N) is 2. The predicted octanol–water partition coefficient (Wildman–Crippen LogP) is 1.53. The van der Waals surface area contributed by atoms with E-state index in [2.05, 4.69) is 23.8 Å². The fourth-order valence-corrected chi connectivity index (χ4v) is 5.66. The molecular formula is C23H34N2O5S. The zero-order chi connectivity index (χ0) is 22.8. The van der Waals surface area contributed by atoms with Crippen LogP contribution in [0.1, 0.15) is 39.2 Å². The third kappa shape index (κ3) is 5.99. The van der Waals surface area contributed by atoms with Crippen LogP contribution in [0, 0.1) is 23.7 Å². The highest BCUT2D eigenvalue weighted by Crippen LogP contribution is 2.35. The molecule has 2 N–H and O–H groups in total. The Labute approximate surface area is 186 Å². The van der Waals surface area contributed by atoms with E-state index in [1.54, 1.807) is 26.0 Å². The maximum Gasteiger partial charge on any atom is 0.247 e. The Hall–Kier alpha value is -1.63. The van der Waals surface area contributed by atoms with Crippen molar-refractivity contribution in [2.24, 2.45) is 11.8 Å². The molecule has 0 spiro atoms. The van der Waals surface area contributed by atoms with E-state index in [4.69, 9.17) is 4.74 Å². The van der Waals surface area contributed by atoms with Crippen molar-refractivity contribution >= 4 is 10.0 Å². The molecule has 1 aliphatic carbocycles. The van der Waals surface area contributed by atoms with Gasteiger partial charge in [0.2, 0.25) is 10.0 Å². The summed E-state index contributed by atoms with van der Waals surface area (Å²) in [6, 6.07) is 4.22. The highest BCUT2D eigenvalue weighted by molar-refractivity contribution is 7.89. The summed E-state index contributed by atoms with van der Waals surface area (Å²) >= 11 is 0. The van der Waals surface area contributed by atoms with Crippen molar-refractivity contribution in [1.29, 1.82) is 0 Å². The van der Waals surface area contributed by atoms with E-state index in [0.717, 1.165) is 12.5 Å². The molecule has 2 aliphatic rings. The molecule has 0 bridgehead atoms. The molecule has 4 atom stereocenters. The van der Waals surface area contributed by atoms with E-state index < -0.39 is 22.2 Å². The summed E-state index contributed by atoms with van der Waals surface area (Å²) in [7, 11) is -1.79. The number of aliphatic hydroxyl groups is 2. The van der Waals surface area contributed by atoms with Gasteiger partial charge < -0.3 is 19.8 Å². The van der Waals surface area contributed by atoms with Gasteiger partial charge in [0.05, 0.1) is 6.61 Å². The zero-order valence-corrected chi connectivity index (χ0v) is 19.6. The molecule has 1 saturated carbocycles. The maximum atomic E-state index is 13.4. The molecule has 8 heteroatoms. The average molecular weight is 451 g/mol. The van der Waals surface area contributed by atoms with E-state index >= 15 is 0 Å². The van der Waals surface area contributed by atoms with Crippen molar-refractivity contribution in [3.8, 4) is 17.6 Å². The van der Waals surface area contributed by atoms with Gasteiger partial charge in [-0.3, -0.25) is 0 Å². The van der Waals surface area contributed by atoms with Crippen LogP contribution in [0.5, 0.6) is 5.75 Å². The molecule has 1 aromatic rings. The average Bonchev–Trinajstić information content (AvgIpc) is 3.52. The van der Waals surface area contributed by atoms with Crippen molar-refractivity contribution in [3.05, 3.63) is 23.8 Å². The standard InChI is InChI=1S/C23H34N2O5S/c1-16-12-25(17(2)15-26)31(28,29)23-10-9-19(6-5-18(3)27)11-21(23)30-22(16)14-24(4)13-20-7-8-20/h9-11,16-18,20,22,26-27H,7-8,12-15H2,1-4H3/t16-,17-,18+,22+/m1/s1. The summed E-state index contributed by atoms with van der Waals surface area (Å²) in [6.45, 7) is 6.98. The van der Waals surface area contributed by atoms with Gasteiger partial charge in [0, 0.05) is 37.2 Å². The molecule has 1 aromatic carbocycles. The van der Waals surface area contributed by atoms with Gasteiger partial charge in [-0.15, -0.1) is 0 Å². The molecule has 172 valence electrons. The Morgan fingerprint density at radius 3 is 2.61 bits per heavy atom. The van der Waals surface area contributed by atoms with Gasteiger partial charge in [0.1, 0.15) is 22.9 Å². The number of hydrogen-bond donors (Lipinski definition) is 2. The molecule has 0 amide bonds. The number of rotatable bonds is 6. The van der Waals surface area contributed by atoms with Gasteiger partial charge in [0.15, 0.2) is 0 Å². The van der Waals surface area contributed by atoms with Gasteiger partial charge >= 0.3 is 0 Å². The van der Waals surface area contributed by atoms with Crippen LogP contribution < -0.4 is 4.74 Å². The number of fused-ring (bicyclic) bond motifs is 1. The van der Waals surface area contributed by atoms with Crippen LogP contribution in [0.3, 0.4) is 0 Å². The molecule has 7 nitrogen and oxygen atoms in total. The lowest BCUT2D eigenvalue weighted by Crippen LogP contribution is -2.49. The van der Waals surface area contributed by atoms with Crippen LogP contribution >= 0.6 is 0 Å². The smallest absolute Gasteiger partial charge is 0.247 e. The van der Waals surface area contributed by atoms with Gasteiger partial charge in [-0.05, 0) is 57.9 Å². The van der Waals surface area contributed by atoms with E-state index in [9.17, 15) is 18.6 Å². The quantitative estimate of drug-likeness (QED) is 0.639. The summed E-state index contributed by atoms with van der Waals surface area (Å²) in [4.78, 5) is 2.34. The molecule has 1 fully saturated rings. The topological polar surface area (TPSA) is 90.3 Å². The van der Waals surface area contributed by atoms with Crippen LogP contribution in [0.2, 0.25) is 0 Å². The number of aliphatic hydroxyl groups excluding tert-OH is 2. The summed E-state index contributed by atoms with van der Waals surface area (Å²) < 4.78 is 34.6. The van der Waals surface area contributed by atoms with Crippen molar-refractivity contribution in [1.82, 2.24) is 9.21 Å². The van der Waals surface area contributed by atoms with Crippen molar-refractivity contribution < 1.29 is 23.4 Å². The molecule has 3 rings (SSSR count). The summed E-state index contributed by atoms with van der Waals surface area (Å²) in [5.41, 5.74) is 0.579. The first-order valence-electron chi connectivity index (χ1n) is 10.9. The molecule has 0 unspecified atom stereocenters. The monoisotopic (exact) mass is 450 g/mol. The highest BCUT2D eigenvalue weighted by atomic mass is 32.2. The second-order valence-electron chi connectivity index (χ2n) is 9.01. The third-order valence-electron chi connectivity index (χ3n) is 5.85. The number of ether oxygens (including phenoxy) is 1. The fraction of sp³-hybridized carbons (Fsp3) is 0.652. The van der Waals surface area contributed by atoms with E-state index in [0.29, 0.717) is 12.1 Å². The molecule has 0 aromatic heterocycles. The molecule has 31 heavy (non-hydrogen) atoms. The van der Waals surface area contributed by atoms with Crippen LogP contribution in [0.4, 0.5) is 0 Å². The fourth-order valence-electron chi connectivity index (χ4n) is 3.83. The molecule has 1 heterocycles. The predicted molar refractivity (Wildman–Crippen MR) is 119 cm³/mol. The number of hydrogen-bond acceptors (Lipinski definition) is 6. The Kier molecular flexibility index (Phi) is 7.66. The molecule has 0 radical (unpaired) electrons. The second kappa shape index (κ2) is 9.88. The zero-order valence-electron chi connectivity index (χ0n) is 18.8. The first kappa shape index (κ1) is 24.0. The minimum Gasteiger partial charge on any atom is -0.487 e. The minimum absolute atomic E-state index is 0.0780. The normalized spacial score (nSPS) is 25.4. The first-order chi connectivity index (χ1) is 14.6. The van der Waals surface area contributed by atoms with E-state index in [-0.39, 0.29) is 35.8 Å². The molecule has 0 saturated heterocycles. The van der Waals surface area contributed by atoms with Crippen molar-refractivity contribution in [2.45, 2.75) is 56.8 Å². The van der Waals surface area contributed by atoms with Gasteiger partial charge in [-0.2, -0.15) is 4.31 Å². The van der Waals surface area contributed by atoms with Crippen LogP contribution in [-0.2, 0) is 10.0 Å². The lowest BCUT2D eigenvalue weighted by atomic mass is 10.0. The van der Waals surface area contributed by atoms with Crippen LogP contribution in [0.15, 0.2) is 23.1 Å². The molecular weight excluding hydrogens is 416 g/mol. The Morgan fingerprint density at radius 2 is 2.00 bits per heavy atom. The highest BCUT2D eigenvalue weighted by Gasteiger charge is 2.38. The molecule has 1 aliphatic heterocycles. The van der Waals surface area contributed by atoms with Crippen molar-refractivity contribution in [2.75, 3.05) is 33.3 Å². The number of sulfonamides is 1. The van der Waals surface area contributed by atoms with E-state index in [1.165, 1.54) is 23.2 Å². The maximum absolute atomic E-state index is 13.4. The van der Waals surface area contributed by atoms with Gasteiger partial charge in [-0.25, -0.2) is 8.42 Å². The summed E-state index contributed by atoms with van der Waals surface area (Å²) in [6.07, 6.45) is 1.53. The van der Waals surface area contributed by atoms with Crippen molar-refractivity contribution in [3.63, 3.8) is 0 Å². The van der Waals surface area contributed by atoms with E-state index in [1.807, 2.05) is 6.92 Å². The third-order valence-corrected chi connectivity index (χ3v) is 7.87. The van der Waals surface area contributed by atoms with Gasteiger partial charge in [-0.1, -0.05) is 18.8 Å². The van der Waals surface area contributed by atoms with Crippen LogP contribution in [-0.4, -0.2) is 79.4 Å². The second-order valence-corrected chi connectivity index (χ2v) is 10.9. The summed E-state index contributed by atoms with van der Waals surface area (Å²) in [5, 5.41) is 19.2. The summed E-state index contributed by atoms with van der Waals surface area (Å²) in [5.74, 6) is 6.48. The lowest BCUT2D eigenvalue weighted by molar-refractivity contribution is 0.0740. The number of likely N-dealkylation sites (N-methyl/N-ethyl adjacent to an activating group) is 1. The minimum atomic E-state index is -3.86. The van der Waals surface area contributed by atoms with Gasteiger partial charge in [0.25, 0.3) is 0 Å².